The van der Waals surface area contributed by atoms with E-state index < -0.39 is 11.4 Å². The van der Waals surface area contributed by atoms with Gasteiger partial charge in [0.05, 0.1) is 18.0 Å². The highest BCUT2D eigenvalue weighted by Crippen LogP contribution is 2.34. The van der Waals surface area contributed by atoms with Crippen molar-refractivity contribution in [2.45, 2.75) is 38.6 Å². The summed E-state index contributed by atoms with van der Waals surface area (Å²) in [6.07, 6.45) is 3.77. The molecule has 0 spiro atoms. The van der Waals surface area contributed by atoms with Crippen molar-refractivity contribution in [1.29, 1.82) is 0 Å². The lowest BCUT2D eigenvalue weighted by Gasteiger charge is -2.34. The summed E-state index contributed by atoms with van der Waals surface area (Å²) in [7, 11) is 1.88. The molecule has 5 heteroatoms. The maximum absolute atomic E-state index is 12.7. The molecular formula is C19H26N2O3. The number of hydrogen-bond acceptors (Lipinski definition) is 3. The minimum Gasteiger partial charge on any atom is -0.481 e. The topological polar surface area (TPSA) is 60.9 Å². The standard InChI is InChI=1S/C19H26N2O3/c1-19(18(23)24)10-11-21(13-19)12-17(22)20(2)16-9-5-7-14-6-3-4-8-15(14)16/h3-4,6,8,16H,5,7,9-13H2,1-2H3,(H,23,24)/t16-,19-/m0/s1. The van der Waals surface area contributed by atoms with Gasteiger partial charge in [0.25, 0.3) is 0 Å². The summed E-state index contributed by atoms with van der Waals surface area (Å²) in [5.41, 5.74) is 1.88. The molecule has 1 amide bonds. The second-order valence-electron chi connectivity index (χ2n) is 7.44. The molecule has 0 unspecified atom stereocenters. The lowest BCUT2D eigenvalue weighted by atomic mass is 9.87. The van der Waals surface area contributed by atoms with Gasteiger partial charge in [-0.2, -0.15) is 0 Å². The second kappa shape index (κ2) is 6.55. The number of carboxylic acids is 1. The van der Waals surface area contributed by atoms with Crippen LogP contribution in [-0.2, 0) is 16.0 Å². The molecule has 130 valence electrons. The number of aryl methyl sites for hydroxylation is 1. The van der Waals surface area contributed by atoms with Crippen molar-refractivity contribution in [3.63, 3.8) is 0 Å². The monoisotopic (exact) mass is 330 g/mol. The maximum atomic E-state index is 12.7. The van der Waals surface area contributed by atoms with Gasteiger partial charge in [0, 0.05) is 13.6 Å². The van der Waals surface area contributed by atoms with Crippen LogP contribution in [0.25, 0.3) is 0 Å². The van der Waals surface area contributed by atoms with Crippen molar-refractivity contribution < 1.29 is 14.7 Å². The quantitative estimate of drug-likeness (QED) is 0.920. The minimum absolute atomic E-state index is 0.0753. The van der Waals surface area contributed by atoms with Crippen molar-refractivity contribution >= 4 is 11.9 Å². The first-order valence-corrected chi connectivity index (χ1v) is 8.70. The Morgan fingerprint density at radius 3 is 2.83 bits per heavy atom. The molecule has 5 nitrogen and oxygen atoms in total. The summed E-state index contributed by atoms with van der Waals surface area (Å²) in [5.74, 6) is -0.696. The molecule has 24 heavy (non-hydrogen) atoms. The highest BCUT2D eigenvalue weighted by atomic mass is 16.4. The number of aliphatic carboxylic acids is 1. The number of carbonyl (C=O) groups is 2. The first kappa shape index (κ1) is 17.0. The van der Waals surface area contributed by atoms with Crippen LogP contribution in [0.4, 0.5) is 0 Å². The molecule has 1 aromatic rings. The predicted octanol–water partition coefficient (Wildman–Crippen LogP) is 2.32. The van der Waals surface area contributed by atoms with Crippen molar-refractivity contribution in [2.24, 2.45) is 5.41 Å². The summed E-state index contributed by atoms with van der Waals surface area (Å²) >= 11 is 0. The Morgan fingerprint density at radius 2 is 2.12 bits per heavy atom. The lowest BCUT2D eigenvalue weighted by molar-refractivity contribution is -0.147. The summed E-state index contributed by atoms with van der Waals surface area (Å²) in [5, 5.41) is 9.32. The largest absolute Gasteiger partial charge is 0.481 e. The van der Waals surface area contributed by atoms with Crippen molar-refractivity contribution in [1.82, 2.24) is 9.80 Å². The fraction of sp³-hybridized carbons (Fsp3) is 0.579. The first-order valence-electron chi connectivity index (χ1n) is 8.70. The number of hydrogen-bond donors (Lipinski definition) is 1. The van der Waals surface area contributed by atoms with E-state index in [1.807, 2.05) is 22.9 Å². The van der Waals surface area contributed by atoms with Crippen LogP contribution >= 0.6 is 0 Å². The molecule has 1 N–H and O–H groups in total. The van der Waals surface area contributed by atoms with Crippen LogP contribution in [-0.4, -0.2) is 53.5 Å². The van der Waals surface area contributed by atoms with Gasteiger partial charge in [-0.05, 0) is 50.3 Å². The van der Waals surface area contributed by atoms with Crippen LogP contribution in [0.2, 0.25) is 0 Å². The number of rotatable bonds is 4. The van der Waals surface area contributed by atoms with E-state index in [1.165, 1.54) is 11.1 Å². The summed E-state index contributed by atoms with van der Waals surface area (Å²) in [4.78, 5) is 27.9. The Morgan fingerprint density at radius 1 is 1.38 bits per heavy atom. The molecule has 1 aromatic carbocycles. The van der Waals surface area contributed by atoms with Gasteiger partial charge >= 0.3 is 5.97 Å². The van der Waals surface area contributed by atoms with Crippen molar-refractivity contribution in [3.05, 3.63) is 35.4 Å². The lowest BCUT2D eigenvalue weighted by Crippen LogP contribution is -2.41. The van der Waals surface area contributed by atoms with E-state index >= 15 is 0 Å². The Bertz CT molecular complexity index is 645. The van der Waals surface area contributed by atoms with E-state index in [0.717, 1.165) is 19.3 Å². The third-order valence-electron chi connectivity index (χ3n) is 5.63. The first-order chi connectivity index (χ1) is 11.4. The molecule has 0 radical (unpaired) electrons. The molecule has 1 heterocycles. The van der Waals surface area contributed by atoms with Gasteiger partial charge in [0.2, 0.25) is 5.91 Å². The molecule has 1 saturated heterocycles. The molecule has 0 aromatic heterocycles. The molecule has 1 aliphatic heterocycles. The molecule has 2 atom stereocenters. The minimum atomic E-state index is -0.771. The van der Waals surface area contributed by atoms with Crippen LogP contribution in [0.5, 0.6) is 0 Å². The van der Waals surface area contributed by atoms with Crippen LogP contribution in [0.3, 0.4) is 0 Å². The van der Waals surface area contributed by atoms with Crippen LogP contribution in [0, 0.1) is 5.41 Å². The van der Waals surface area contributed by atoms with Gasteiger partial charge in [-0.3, -0.25) is 14.5 Å². The van der Waals surface area contributed by atoms with Gasteiger partial charge in [0.15, 0.2) is 0 Å². The third kappa shape index (κ3) is 3.18. The van der Waals surface area contributed by atoms with E-state index in [4.69, 9.17) is 0 Å². The summed E-state index contributed by atoms with van der Waals surface area (Å²) < 4.78 is 0. The Labute approximate surface area is 143 Å². The number of likely N-dealkylation sites (N-methyl/N-ethyl adjacent to an activating group) is 1. The molecule has 0 saturated carbocycles. The molecule has 1 aliphatic carbocycles. The average molecular weight is 330 g/mol. The van der Waals surface area contributed by atoms with Gasteiger partial charge in [-0.1, -0.05) is 24.3 Å². The number of carbonyl (C=O) groups excluding carboxylic acids is 1. The highest BCUT2D eigenvalue weighted by molar-refractivity contribution is 5.79. The summed E-state index contributed by atoms with van der Waals surface area (Å²) in [6, 6.07) is 8.50. The number of likely N-dealkylation sites (tertiary alicyclic amines) is 1. The fourth-order valence-electron chi connectivity index (χ4n) is 3.97. The van der Waals surface area contributed by atoms with E-state index in [2.05, 4.69) is 18.2 Å². The summed E-state index contributed by atoms with van der Waals surface area (Å²) in [6.45, 7) is 3.19. The average Bonchev–Trinajstić information content (AvgIpc) is 2.96. The normalized spacial score (nSPS) is 26.8. The van der Waals surface area contributed by atoms with Gasteiger partial charge in [-0.15, -0.1) is 0 Å². The zero-order valence-electron chi connectivity index (χ0n) is 14.5. The van der Waals surface area contributed by atoms with E-state index in [9.17, 15) is 14.7 Å². The van der Waals surface area contributed by atoms with Crippen molar-refractivity contribution in [2.75, 3.05) is 26.7 Å². The number of nitrogens with zero attached hydrogens (tertiary/aromatic N) is 2. The number of carboxylic acid groups (broad SMARTS) is 1. The predicted molar refractivity (Wildman–Crippen MR) is 91.7 cm³/mol. The van der Waals surface area contributed by atoms with E-state index in [0.29, 0.717) is 26.1 Å². The third-order valence-corrected chi connectivity index (χ3v) is 5.63. The number of amides is 1. The Kier molecular flexibility index (Phi) is 4.63. The molecular weight excluding hydrogens is 304 g/mol. The molecule has 0 bridgehead atoms. The fourth-order valence-corrected chi connectivity index (χ4v) is 3.97. The van der Waals surface area contributed by atoms with E-state index in [-0.39, 0.29) is 11.9 Å². The van der Waals surface area contributed by atoms with Gasteiger partial charge in [0.1, 0.15) is 0 Å². The van der Waals surface area contributed by atoms with Crippen LogP contribution in [0.15, 0.2) is 24.3 Å². The van der Waals surface area contributed by atoms with Crippen LogP contribution < -0.4 is 0 Å². The van der Waals surface area contributed by atoms with E-state index in [1.54, 1.807) is 6.92 Å². The molecule has 1 fully saturated rings. The molecule has 2 aliphatic rings. The Balaban J connectivity index is 1.65. The second-order valence-corrected chi connectivity index (χ2v) is 7.44. The zero-order valence-corrected chi connectivity index (χ0v) is 14.5. The van der Waals surface area contributed by atoms with Crippen molar-refractivity contribution in [3.8, 4) is 0 Å². The van der Waals surface area contributed by atoms with Gasteiger partial charge in [-0.25, -0.2) is 0 Å². The Hall–Kier alpha value is -1.88. The number of fused-ring (bicyclic) bond motifs is 1. The molecule has 3 rings (SSSR count). The number of benzene rings is 1. The smallest absolute Gasteiger partial charge is 0.310 e. The van der Waals surface area contributed by atoms with Crippen LogP contribution in [0.1, 0.15) is 43.4 Å². The zero-order chi connectivity index (χ0) is 17.3. The maximum Gasteiger partial charge on any atom is 0.310 e. The van der Waals surface area contributed by atoms with Gasteiger partial charge < -0.3 is 10.0 Å². The SMILES string of the molecule is CN(C(=O)CN1CC[C@](C)(C(=O)O)C1)[C@H]1CCCc2ccccc21. The highest BCUT2D eigenvalue weighted by Gasteiger charge is 2.41.